The van der Waals surface area contributed by atoms with Gasteiger partial charge in [-0.25, -0.2) is 4.98 Å². The second-order valence-corrected chi connectivity index (χ2v) is 6.49. The third-order valence-corrected chi connectivity index (χ3v) is 4.17. The van der Waals surface area contributed by atoms with E-state index < -0.39 is 0 Å². The van der Waals surface area contributed by atoms with Gasteiger partial charge in [-0.05, 0) is 38.0 Å². The number of hydrogen-bond donors (Lipinski definition) is 2. The molecule has 0 spiro atoms. The van der Waals surface area contributed by atoms with Gasteiger partial charge in [-0.15, -0.1) is 11.3 Å². The first-order valence-electron chi connectivity index (χ1n) is 7.46. The molecule has 0 bridgehead atoms. The number of rotatable bonds is 7. The number of hydrogen-bond acceptors (Lipinski definition) is 4. The third-order valence-electron chi connectivity index (χ3n) is 3.23. The normalized spacial score (nSPS) is 10.6. The Labute approximate surface area is 134 Å². The number of nitrogens with one attached hydrogen (secondary N) is 2. The zero-order valence-electron chi connectivity index (χ0n) is 12.9. The van der Waals surface area contributed by atoms with Gasteiger partial charge in [0.05, 0.1) is 15.2 Å². The van der Waals surface area contributed by atoms with E-state index in [4.69, 9.17) is 0 Å². The van der Waals surface area contributed by atoms with Crippen molar-refractivity contribution in [3.63, 3.8) is 0 Å². The van der Waals surface area contributed by atoms with Gasteiger partial charge in [-0.1, -0.05) is 6.42 Å². The Bertz CT molecular complexity index is 666. The quantitative estimate of drug-likeness (QED) is 0.770. The van der Waals surface area contributed by atoms with Crippen LogP contribution in [0.15, 0.2) is 18.2 Å². The second kappa shape index (κ2) is 7.89. The molecule has 1 heterocycles. The molecule has 6 heteroatoms. The van der Waals surface area contributed by atoms with Crippen molar-refractivity contribution in [1.29, 1.82) is 0 Å². The zero-order chi connectivity index (χ0) is 15.9. The molecule has 2 aromatic rings. The summed E-state index contributed by atoms with van der Waals surface area (Å²) in [7, 11) is 0. The molecule has 0 saturated carbocycles. The number of benzene rings is 1. The van der Waals surface area contributed by atoms with Crippen molar-refractivity contribution in [2.24, 2.45) is 0 Å². The minimum Gasteiger partial charge on any atom is -0.356 e. The smallest absolute Gasteiger partial charge is 0.224 e. The molecule has 118 valence electrons. The largest absolute Gasteiger partial charge is 0.356 e. The fourth-order valence-corrected chi connectivity index (χ4v) is 3.06. The lowest BCUT2D eigenvalue weighted by Gasteiger charge is -2.05. The summed E-state index contributed by atoms with van der Waals surface area (Å²) in [6.07, 6.45) is 3.16. The molecule has 0 saturated heterocycles. The van der Waals surface area contributed by atoms with Crippen LogP contribution in [0.4, 0.5) is 5.69 Å². The van der Waals surface area contributed by atoms with Crippen LogP contribution < -0.4 is 10.6 Å². The van der Waals surface area contributed by atoms with E-state index in [0.717, 1.165) is 40.2 Å². The molecular weight excluding hydrogens is 298 g/mol. The van der Waals surface area contributed by atoms with Gasteiger partial charge in [-0.2, -0.15) is 0 Å². The molecule has 0 radical (unpaired) electrons. The predicted molar refractivity (Wildman–Crippen MR) is 90.1 cm³/mol. The van der Waals surface area contributed by atoms with Crippen molar-refractivity contribution in [2.75, 3.05) is 11.9 Å². The number of carbonyl (C=O) groups is 2. The van der Waals surface area contributed by atoms with Crippen molar-refractivity contribution in [1.82, 2.24) is 10.3 Å². The fourth-order valence-electron chi connectivity index (χ4n) is 2.19. The highest BCUT2D eigenvalue weighted by Crippen LogP contribution is 2.24. The highest BCUT2D eigenvalue weighted by Gasteiger charge is 2.05. The maximum Gasteiger partial charge on any atom is 0.224 e. The molecule has 0 aliphatic heterocycles. The van der Waals surface area contributed by atoms with Crippen LogP contribution in [0.2, 0.25) is 0 Å². The molecule has 0 atom stereocenters. The highest BCUT2D eigenvalue weighted by atomic mass is 32.1. The van der Waals surface area contributed by atoms with Gasteiger partial charge >= 0.3 is 0 Å². The molecule has 2 amide bonds. The zero-order valence-corrected chi connectivity index (χ0v) is 13.8. The van der Waals surface area contributed by atoms with E-state index in [2.05, 4.69) is 15.6 Å². The number of carbonyl (C=O) groups excluding carboxylic acids is 2. The predicted octanol–water partition coefficient (Wildman–Crippen LogP) is 3.24. The summed E-state index contributed by atoms with van der Waals surface area (Å²) in [5.74, 6) is 0.0200. The van der Waals surface area contributed by atoms with Crippen molar-refractivity contribution < 1.29 is 9.59 Å². The molecule has 0 aliphatic rings. The number of fused-ring (bicyclic) bond motifs is 1. The van der Waals surface area contributed by atoms with Crippen molar-refractivity contribution in [3.05, 3.63) is 23.2 Å². The SMILES string of the molecule is CC(=O)NCCCCCC(=O)Nc1ccc2nc(C)sc2c1. The van der Waals surface area contributed by atoms with Crippen LogP contribution in [-0.4, -0.2) is 23.3 Å². The first-order valence-corrected chi connectivity index (χ1v) is 8.28. The Morgan fingerprint density at radius 1 is 1.23 bits per heavy atom. The van der Waals surface area contributed by atoms with Gasteiger partial charge < -0.3 is 10.6 Å². The van der Waals surface area contributed by atoms with Crippen LogP contribution in [-0.2, 0) is 9.59 Å². The van der Waals surface area contributed by atoms with Gasteiger partial charge in [0.25, 0.3) is 0 Å². The van der Waals surface area contributed by atoms with Gasteiger partial charge in [-0.3, -0.25) is 9.59 Å². The van der Waals surface area contributed by atoms with Crippen LogP contribution >= 0.6 is 11.3 Å². The lowest BCUT2D eigenvalue weighted by Crippen LogP contribution is -2.20. The topological polar surface area (TPSA) is 71.1 Å². The molecule has 5 nitrogen and oxygen atoms in total. The van der Waals surface area contributed by atoms with E-state index >= 15 is 0 Å². The van der Waals surface area contributed by atoms with Crippen LogP contribution in [0.5, 0.6) is 0 Å². The van der Waals surface area contributed by atoms with Gasteiger partial charge in [0, 0.05) is 25.6 Å². The lowest BCUT2D eigenvalue weighted by molar-refractivity contribution is -0.119. The van der Waals surface area contributed by atoms with Crippen molar-refractivity contribution in [2.45, 2.75) is 39.5 Å². The van der Waals surface area contributed by atoms with E-state index in [1.54, 1.807) is 11.3 Å². The van der Waals surface area contributed by atoms with Crippen LogP contribution in [0, 0.1) is 6.92 Å². The molecule has 0 unspecified atom stereocenters. The molecular formula is C16H21N3O2S. The maximum absolute atomic E-state index is 11.9. The van der Waals surface area contributed by atoms with Gasteiger partial charge in [0.15, 0.2) is 0 Å². The number of thiazole rings is 1. The number of amides is 2. The third kappa shape index (κ3) is 5.11. The standard InChI is InChI=1S/C16H21N3O2S/c1-11(20)17-9-5-3-4-6-16(21)19-13-7-8-14-15(10-13)22-12(2)18-14/h7-8,10H,3-6,9H2,1-2H3,(H,17,20)(H,19,21). The summed E-state index contributed by atoms with van der Waals surface area (Å²) in [4.78, 5) is 27.0. The number of aromatic nitrogens is 1. The molecule has 2 N–H and O–H groups in total. The molecule has 22 heavy (non-hydrogen) atoms. The Balaban J connectivity index is 1.72. The number of aryl methyl sites for hydroxylation is 1. The number of unbranched alkanes of at least 4 members (excludes halogenated alkanes) is 2. The molecule has 1 aromatic carbocycles. The van der Waals surface area contributed by atoms with Gasteiger partial charge in [0.2, 0.25) is 11.8 Å². The van der Waals surface area contributed by atoms with Gasteiger partial charge in [0.1, 0.15) is 0 Å². The average molecular weight is 319 g/mol. The Hall–Kier alpha value is -1.95. The monoisotopic (exact) mass is 319 g/mol. The van der Waals surface area contributed by atoms with Crippen LogP contribution in [0.1, 0.15) is 37.6 Å². The molecule has 1 aromatic heterocycles. The van der Waals surface area contributed by atoms with Crippen LogP contribution in [0.3, 0.4) is 0 Å². The maximum atomic E-state index is 11.9. The van der Waals surface area contributed by atoms with Crippen molar-refractivity contribution >= 4 is 39.1 Å². The lowest BCUT2D eigenvalue weighted by atomic mass is 10.2. The van der Waals surface area contributed by atoms with E-state index in [9.17, 15) is 9.59 Å². The number of anilines is 1. The van der Waals surface area contributed by atoms with E-state index in [0.29, 0.717) is 13.0 Å². The minimum absolute atomic E-state index is 0.00793. The van der Waals surface area contributed by atoms with Crippen molar-refractivity contribution in [3.8, 4) is 0 Å². The first-order chi connectivity index (χ1) is 10.5. The summed E-state index contributed by atoms with van der Waals surface area (Å²) in [6.45, 7) is 4.16. The Kier molecular flexibility index (Phi) is 5.89. The van der Waals surface area contributed by atoms with E-state index in [-0.39, 0.29) is 11.8 Å². The molecule has 0 aliphatic carbocycles. The molecule has 2 rings (SSSR count). The average Bonchev–Trinajstić information content (AvgIpc) is 2.81. The minimum atomic E-state index is -0.00793. The van der Waals surface area contributed by atoms with Crippen LogP contribution in [0.25, 0.3) is 10.2 Å². The number of nitrogens with zero attached hydrogens (tertiary/aromatic N) is 1. The molecule has 0 fully saturated rings. The summed E-state index contributed by atoms with van der Waals surface area (Å²) in [5, 5.41) is 6.70. The fraction of sp³-hybridized carbons (Fsp3) is 0.438. The first kappa shape index (κ1) is 16.4. The van der Waals surface area contributed by atoms with E-state index in [1.807, 2.05) is 25.1 Å². The summed E-state index contributed by atoms with van der Waals surface area (Å²) < 4.78 is 1.09. The summed E-state index contributed by atoms with van der Waals surface area (Å²) in [5.41, 5.74) is 1.79. The summed E-state index contributed by atoms with van der Waals surface area (Å²) >= 11 is 1.63. The van der Waals surface area contributed by atoms with E-state index in [1.165, 1.54) is 6.92 Å². The Morgan fingerprint density at radius 3 is 2.82 bits per heavy atom. The Morgan fingerprint density at radius 2 is 2.05 bits per heavy atom. The second-order valence-electron chi connectivity index (χ2n) is 5.26. The summed E-state index contributed by atoms with van der Waals surface area (Å²) in [6, 6.07) is 5.78. The highest BCUT2D eigenvalue weighted by molar-refractivity contribution is 7.18.